The van der Waals surface area contributed by atoms with Gasteiger partial charge in [-0.25, -0.2) is 0 Å². The zero-order valence-electron chi connectivity index (χ0n) is 31.3. The Balaban J connectivity index is 0.939. The fraction of sp³-hybridized carbons (Fsp3) is 0.227. The van der Waals surface area contributed by atoms with Crippen LogP contribution in [0.4, 0.5) is 17.1 Å². The first-order valence-electron chi connectivity index (χ1n) is 18.6. The molecule has 2 amide bonds. The lowest BCUT2D eigenvalue weighted by Gasteiger charge is -2.34. The number of amides is 2. The number of rotatable bonds is 9. The molecule has 0 fully saturated rings. The van der Waals surface area contributed by atoms with E-state index in [1.165, 1.54) is 25.3 Å². The second-order valence-corrected chi connectivity index (χ2v) is 14.3. The molecule has 0 aromatic heterocycles. The van der Waals surface area contributed by atoms with Gasteiger partial charge in [0, 0.05) is 48.3 Å². The van der Waals surface area contributed by atoms with E-state index in [-0.39, 0.29) is 37.1 Å². The topological polar surface area (TPSA) is 151 Å². The van der Waals surface area contributed by atoms with Crippen molar-refractivity contribution in [3.8, 4) is 23.0 Å². The van der Waals surface area contributed by atoms with Gasteiger partial charge in [0.2, 0.25) is 0 Å². The summed E-state index contributed by atoms with van der Waals surface area (Å²) in [4.78, 5) is 43.8. The Morgan fingerprint density at radius 1 is 0.649 bits per heavy atom. The molecule has 13 heteroatoms. The van der Waals surface area contributed by atoms with Crippen molar-refractivity contribution in [2.75, 3.05) is 14.2 Å². The minimum Gasteiger partial charge on any atom is -0.493 e. The summed E-state index contributed by atoms with van der Waals surface area (Å²) >= 11 is 0. The minimum absolute atomic E-state index is 0.0825. The number of benzene rings is 5. The first kappa shape index (κ1) is 35.6. The summed E-state index contributed by atoms with van der Waals surface area (Å²) in [6, 6.07) is 28.1. The van der Waals surface area contributed by atoms with Crippen molar-refractivity contribution < 1.29 is 28.5 Å². The zero-order valence-corrected chi connectivity index (χ0v) is 31.3. The van der Waals surface area contributed by atoms with Gasteiger partial charge >= 0.3 is 0 Å². The number of hydrogen-bond donors (Lipinski definition) is 0. The van der Waals surface area contributed by atoms with Crippen LogP contribution in [0.5, 0.6) is 23.0 Å². The highest BCUT2D eigenvalue weighted by molar-refractivity contribution is 6.04. The summed E-state index contributed by atoms with van der Waals surface area (Å²) in [7, 11) is 3.05. The van der Waals surface area contributed by atoms with Crippen LogP contribution >= 0.6 is 0 Å². The number of nitrogens with zero attached hydrogens (tertiary/aromatic N) is 7. The molecule has 0 bridgehead atoms. The molecule has 5 aromatic rings. The van der Waals surface area contributed by atoms with E-state index >= 15 is 0 Å². The summed E-state index contributed by atoms with van der Waals surface area (Å²) in [6.07, 6.45) is 5.04. The molecule has 13 nitrogen and oxygen atoms in total. The van der Waals surface area contributed by atoms with Crippen LogP contribution in [0.25, 0.3) is 10.4 Å². The quantitative estimate of drug-likeness (QED) is 0.0837. The molecule has 284 valence electrons. The Morgan fingerprint density at radius 2 is 1.11 bits per heavy atom. The summed E-state index contributed by atoms with van der Waals surface area (Å²) in [5.41, 5.74) is 17.6. The highest BCUT2D eigenvalue weighted by Gasteiger charge is 2.35. The van der Waals surface area contributed by atoms with Gasteiger partial charge in [0.15, 0.2) is 23.0 Å². The lowest BCUT2D eigenvalue weighted by atomic mass is 9.94. The van der Waals surface area contributed by atoms with Gasteiger partial charge in [-0.3, -0.25) is 19.6 Å². The van der Waals surface area contributed by atoms with Crippen LogP contribution in [0, 0.1) is 0 Å². The normalized spacial score (nSPS) is 17.4. The Labute approximate surface area is 328 Å². The Kier molecular flexibility index (Phi) is 9.27. The van der Waals surface area contributed by atoms with Crippen molar-refractivity contribution in [2.24, 2.45) is 15.1 Å². The average Bonchev–Trinajstić information content (AvgIpc) is 3.45. The molecule has 0 saturated heterocycles. The van der Waals surface area contributed by atoms with Crippen LogP contribution in [-0.2, 0) is 39.1 Å². The van der Waals surface area contributed by atoms with E-state index in [0.717, 1.165) is 11.1 Å². The highest BCUT2D eigenvalue weighted by Crippen LogP contribution is 2.41. The summed E-state index contributed by atoms with van der Waals surface area (Å²) in [5.74, 6) is 1.34. The number of ether oxygens (including phenoxy) is 4. The molecule has 5 aromatic carbocycles. The molecular weight excluding hydrogens is 723 g/mol. The fourth-order valence-corrected chi connectivity index (χ4v) is 7.99. The lowest BCUT2D eigenvalue weighted by Crippen LogP contribution is -2.44. The molecule has 0 N–H and O–H groups in total. The monoisotopic (exact) mass is 759 g/mol. The predicted octanol–water partition coefficient (Wildman–Crippen LogP) is 8.37. The van der Waals surface area contributed by atoms with E-state index in [1.54, 1.807) is 36.4 Å². The van der Waals surface area contributed by atoms with Gasteiger partial charge in [-0.05, 0) is 82.1 Å². The van der Waals surface area contributed by atoms with Crippen LogP contribution in [0.1, 0.15) is 54.1 Å². The molecule has 4 aliphatic rings. The first-order chi connectivity index (χ1) is 27.9. The lowest BCUT2D eigenvalue weighted by molar-refractivity contribution is 0.0696. The number of carbonyl (C=O) groups is 2. The van der Waals surface area contributed by atoms with E-state index in [2.05, 4.69) is 34.3 Å². The molecule has 0 spiro atoms. The van der Waals surface area contributed by atoms with Crippen molar-refractivity contribution in [3.63, 3.8) is 0 Å². The number of hydrogen-bond acceptors (Lipinski definition) is 9. The second-order valence-electron chi connectivity index (χ2n) is 14.3. The second kappa shape index (κ2) is 14.9. The maximum absolute atomic E-state index is 13.8. The number of methoxy groups -OCH3 is 2. The molecule has 1 unspecified atom stereocenters. The smallest absolute Gasteiger partial charge is 0.257 e. The van der Waals surface area contributed by atoms with Gasteiger partial charge in [-0.15, -0.1) is 0 Å². The van der Waals surface area contributed by atoms with Gasteiger partial charge < -0.3 is 28.7 Å². The molecule has 2 atom stereocenters. The van der Waals surface area contributed by atoms with E-state index in [4.69, 9.17) is 28.9 Å². The van der Waals surface area contributed by atoms with E-state index in [1.807, 2.05) is 52.6 Å². The Bertz CT molecular complexity index is 2400. The molecule has 0 aliphatic carbocycles. The molecule has 4 heterocycles. The van der Waals surface area contributed by atoms with Gasteiger partial charge in [-0.1, -0.05) is 53.6 Å². The fourth-order valence-electron chi connectivity index (χ4n) is 7.99. The maximum Gasteiger partial charge on any atom is 0.257 e. The molecule has 9 rings (SSSR count). The third kappa shape index (κ3) is 6.78. The Morgan fingerprint density at radius 3 is 1.54 bits per heavy atom. The highest BCUT2D eigenvalue weighted by atomic mass is 16.5. The third-order valence-corrected chi connectivity index (χ3v) is 10.9. The largest absolute Gasteiger partial charge is 0.493 e. The van der Waals surface area contributed by atoms with Gasteiger partial charge in [0.1, 0.15) is 13.2 Å². The molecule has 57 heavy (non-hydrogen) atoms. The minimum atomic E-state index is -0.166. The van der Waals surface area contributed by atoms with Crippen molar-refractivity contribution in [1.29, 1.82) is 0 Å². The van der Waals surface area contributed by atoms with Gasteiger partial charge in [-0.2, -0.15) is 0 Å². The maximum atomic E-state index is 13.8. The van der Waals surface area contributed by atoms with Crippen LogP contribution in [-0.4, -0.2) is 60.3 Å². The number of fused-ring (bicyclic) bond motifs is 6. The summed E-state index contributed by atoms with van der Waals surface area (Å²) < 4.78 is 24.0. The van der Waals surface area contributed by atoms with Crippen molar-refractivity contribution in [3.05, 3.63) is 146 Å². The SMILES string of the molecule is COc1cc2c(cc1OCc1cc(COc3cc4c(cc3OC)C(=O)N3Cc5ccccc5C[C@H]3C=N4)cc(N=[N+]=[N-])c1)N=CC1Cc3ccccc3CN1C2=O. The van der Waals surface area contributed by atoms with E-state index in [0.29, 0.717) is 88.2 Å². The van der Waals surface area contributed by atoms with Crippen molar-refractivity contribution >= 4 is 41.3 Å². The van der Waals surface area contributed by atoms with Crippen molar-refractivity contribution in [1.82, 2.24) is 9.80 Å². The molecule has 0 saturated carbocycles. The van der Waals surface area contributed by atoms with E-state index < -0.39 is 0 Å². The third-order valence-electron chi connectivity index (χ3n) is 10.9. The molecule has 0 radical (unpaired) electrons. The van der Waals surface area contributed by atoms with Crippen LogP contribution in [0.15, 0.2) is 106 Å². The van der Waals surface area contributed by atoms with Crippen molar-refractivity contribution in [2.45, 2.75) is 51.2 Å². The van der Waals surface area contributed by atoms with Crippen LogP contribution in [0.3, 0.4) is 0 Å². The summed E-state index contributed by atoms with van der Waals surface area (Å²) in [5, 5.41) is 3.86. The standard InChI is InChI=1S/C44H37N7O6/c1-54-39-16-35-37(46-20-33-14-28-7-3-5-9-30(28)22-50(33)43(35)52)18-41(39)56-24-26-11-27(13-32(12-26)48-49-45)25-57-42-19-38-36(17-40(42)55-2)44(53)51-23-31-10-6-4-8-29(31)15-34(51)21-47-38/h3-13,16-21,33-34H,14-15,22-25H2,1-2H3/t33-,34?/m0/s1. The molecule has 4 aliphatic heterocycles. The number of azide groups is 1. The predicted molar refractivity (Wildman–Crippen MR) is 214 cm³/mol. The van der Waals surface area contributed by atoms with Gasteiger partial charge in [0.05, 0.1) is 48.8 Å². The first-order valence-corrected chi connectivity index (χ1v) is 18.6. The molecular formula is C44H37N7O6. The van der Waals surface area contributed by atoms with E-state index in [9.17, 15) is 15.1 Å². The Hall–Kier alpha value is -7.11. The van der Waals surface area contributed by atoms with Crippen LogP contribution in [0.2, 0.25) is 0 Å². The summed E-state index contributed by atoms with van der Waals surface area (Å²) in [6.45, 7) is 1.17. The zero-order chi connectivity index (χ0) is 39.0. The average molecular weight is 760 g/mol. The number of carbonyl (C=O) groups excluding carboxylic acids is 2. The number of aliphatic imine (C=N–C) groups is 2. The van der Waals surface area contributed by atoms with Crippen LogP contribution < -0.4 is 18.9 Å². The van der Waals surface area contributed by atoms with Gasteiger partial charge in [0.25, 0.3) is 11.8 Å².